The Hall–Kier alpha value is -2.89. The molecule has 2 aromatic rings. The van der Waals surface area contributed by atoms with Crippen LogP contribution in [0.15, 0.2) is 24.3 Å². The van der Waals surface area contributed by atoms with Crippen LogP contribution in [0.4, 0.5) is 0 Å². The zero-order chi connectivity index (χ0) is 14.4. The van der Waals surface area contributed by atoms with E-state index in [9.17, 15) is 25.2 Å². The Kier molecular flexibility index (Phi) is 2.47. The molecule has 1 unspecified atom stereocenters. The van der Waals surface area contributed by atoms with E-state index in [1.807, 2.05) is 0 Å². The fourth-order valence-corrected chi connectivity index (χ4v) is 2.33. The summed E-state index contributed by atoms with van der Waals surface area (Å²) in [6.45, 7) is 0. The van der Waals surface area contributed by atoms with E-state index in [4.69, 9.17) is 4.74 Å². The molecule has 6 nitrogen and oxygen atoms in total. The normalized spacial score (nSPS) is 15.9. The third-order valence-corrected chi connectivity index (χ3v) is 3.24. The van der Waals surface area contributed by atoms with Crippen molar-refractivity contribution in [1.82, 2.24) is 0 Å². The Balaban J connectivity index is 2.30. The smallest absolute Gasteiger partial charge is 0.201 e. The van der Waals surface area contributed by atoms with Crippen LogP contribution in [0.1, 0.15) is 17.0 Å². The predicted molar refractivity (Wildman–Crippen MR) is 67.5 cm³/mol. The number of carbonyl (C=O) groups is 1. The molecule has 20 heavy (non-hydrogen) atoms. The van der Waals surface area contributed by atoms with Crippen molar-refractivity contribution in [2.45, 2.75) is 5.92 Å². The molecular weight excluding hydrogens is 264 g/mol. The third kappa shape index (κ3) is 1.55. The molecule has 0 saturated carbocycles. The minimum absolute atomic E-state index is 0.0491. The van der Waals surface area contributed by atoms with Gasteiger partial charge in [-0.3, -0.25) is 0 Å². The summed E-state index contributed by atoms with van der Waals surface area (Å²) in [5.74, 6) is -2.29. The van der Waals surface area contributed by atoms with Crippen molar-refractivity contribution in [2.75, 3.05) is 0 Å². The van der Waals surface area contributed by atoms with E-state index in [1.165, 1.54) is 18.2 Å². The number of phenols is 4. The number of ether oxygens (including phenoxy) is 1. The molecule has 0 saturated heterocycles. The molecular formula is C14H10O6. The summed E-state index contributed by atoms with van der Waals surface area (Å²) in [6, 6.07) is 4.98. The minimum atomic E-state index is -0.860. The number of aromatic hydroxyl groups is 4. The molecule has 6 heteroatoms. The number of rotatable bonds is 1. The Bertz CT molecular complexity index is 722. The van der Waals surface area contributed by atoms with E-state index >= 15 is 0 Å². The highest BCUT2D eigenvalue weighted by Crippen LogP contribution is 2.53. The van der Waals surface area contributed by atoms with Gasteiger partial charge in [0, 0.05) is 17.7 Å². The first-order valence-electron chi connectivity index (χ1n) is 5.76. The van der Waals surface area contributed by atoms with E-state index in [2.05, 4.69) is 0 Å². The lowest BCUT2D eigenvalue weighted by atomic mass is 9.88. The number of fused-ring (bicyclic) bond motifs is 2. The first-order chi connectivity index (χ1) is 9.52. The number of phenolic OH excluding ortho intramolecular Hbond substituents is 4. The largest absolute Gasteiger partial charge is 0.508 e. The second-order valence-electron chi connectivity index (χ2n) is 4.44. The fourth-order valence-electron chi connectivity index (χ4n) is 2.33. The molecule has 0 aliphatic carbocycles. The maximum Gasteiger partial charge on any atom is 0.201 e. The Morgan fingerprint density at radius 1 is 1.05 bits per heavy atom. The first kappa shape index (κ1) is 12.2. The van der Waals surface area contributed by atoms with Gasteiger partial charge in [-0.25, -0.2) is 0 Å². The molecule has 2 aromatic carbocycles. The Labute approximate surface area is 113 Å². The van der Waals surface area contributed by atoms with E-state index in [0.717, 1.165) is 6.07 Å². The van der Waals surface area contributed by atoms with Gasteiger partial charge in [0.2, 0.25) is 5.75 Å². The molecule has 0 amide bonds. The number of benzene rings is 2. The van der Waals surface area contributed by atoms with Gasteiger partial charge in [0.1, 0.15) is 23.5 Å². The lowest BCUT2D eigenvalue weighted by molar-refractivity contribution is -0.108. The van der Waals surface area contributed by atoms with Crippen LogP contribution < -0.4 is 4.74 Å². The van der Waals surface area contributed by atoms with Gasteiger partial charge in [0.05, 0.1) is 11.5 Å². The summed E-state index contributed by atoms with van der Waals surface area (Å²) in [4.78, 5) is 11.3. The van der Waals surface area contributed by atoms with Crippen molar-refractivity contribution in [1.29, 1.82) is 0 Å². The SMILES string of the molecule is O=CC1c2ccc(O)c(O)c2Oc2cc(O)cc(O)c21. The third-order valence-electron chi connectivity index (χ3n) is 3.24. The summed E-state index contributed by atoms with van der Waals surface area (Å²) < 4.78 is 5.39. The predicted octanol–water partition coefficient (Wildman–Crippen LogP) is 1.95. The van der Waals surface area contributed by atoms with Crippen LogP contribution in [0, 0.1) is 0 Å². The molecule has 1 heterocycles. The number of aldehydes is 1. The van der Waals surface area contributed by atoms with Gasteiger partial charge in [-0.1, -0.05) is 6.07 Å². The van der Waals surface area contributed by atoms with Crippen LogP contribution in [0.25, 0.3) is 0 Å². The van der Waals surface area contributed by atoms with Crippen LogP contribution in [0.2, 0.25) is 0 Å². The van der Waals surface area contributed by atoms with E-state index in [0.29, 0.717) is 11.8 Å². The van der Waals surface area contributed by atoms with Gasteiger partial charge in [-0.2, -0.15) is 0 Å². The highest BCUT2D eigenvalue weighted by atomic mass is 16.5. The van der Waals surface area contributed by atoms with Gasteiger partial charge in [-0.05, 0) is 6.07 Å². The van der Waals surface area contributed by atoms with E-state index in [-0.39, 0.29) is 34.3 Å². The monoisotopic (exact) mass is 274 g/mol. The summed E-state index contributed by atoms with van der Waals surface area (Å²) >= 11 is 0. The number of hydrogen-bond acceptors (Lipinski definition) is 6. The van der Waals surface area contributed by atoms with Crippen molar-refractivity contribution < 1.29 is 30.0 Å². The second kappa shape index (κ2) is 4.06. The summed E-state index contributed by atoms with van der Waals surface area (Å²) in [7, 11) is 0. The lowest BCUT2D eigenvalue weighted by Gasteiger charge is -2.26. The molecule has 102 valence electrons. The maximum absolute atomic E-state index is 11.3. The Morgan fingerprint density at radius 3 is 2.50 bits per heavy atom. The summed E-state index contributed by atoms with van der Waals surface area (Å²) in [5.41, 5.74) is 0.527. The van der Waals surface area contributed by atoms with E-state index in [1.54, 1.807) is 0 Å². The van der Waals surface area contributed by atoms with Gasteiger partial charge in [0.15, 0.2) is 11.5 Å². The van der Waals surface area contributed by atoms with Crippen molar-refractivity contribution in [3.8, 4) is 34.5 Å². The average molecular weight is 274 g/mol. The van der Waals surface area contributed by atoms with Crippen LogP contribution in [-0.2, 0) is 4.79 Å². The molecule has 1 aliphatic heterocycles. The van der Waals surface area contributed by atoms with Crippen molar-refractivity contribution in [2.24, 2.45) is 0 Å². The topological polar surface area (TPSA) is 107 Å². The molecule has 0 bridgehead atoms. The maximum atomic E-state index is 11.3. The standard InChI is InChI=1S/C14H10O6/c15-5-8-7-1-2-9(17)13(19)14(7)20-11-4-6(16)3-10(18)12(8)11/h1-5,8,16-19H. The first-order valence-corrected chi connectivity index (χ1v) is 5.76. The van der Waals surface area contributed by atoms with E-state index < -0.39 is 11.7 Å². The van der Waals surface area contributed by atoms with Crippen molar-refractivity contribution in [3.63, 3.8) is 0 Å². The van der Waals surface area contributed by atoms with Crippen LogP contribution in [0.3, 0.4) is 0 Å². The molecule has 1 aliphatic rings. The van der Waals surface area contributed by atoms with Crippen molar-refractivity contribution in [3.05, 3.63) is 35.4 Å². The molecule has 1 atom stereocenters. The molecule has 0 spiro atoms. The molecule has 4 N–H and O–H groups in total. The molecule has 0 aromatic heterocycles. The molecule has 3 rings (SSSR count). The van der Waals surface area contributed by atoms with Gasteiger partial charge < -0.3 is 30.0 Å². The summed E-state index contributed by atoms with van der Waals surface area (Å²) in [5, 5.41) is 38.6. The van der Waals surface area contributed by atoms with Crippen LogP contribution >= 0.6 is 0 Å². The second-order valence-corrected chi connectivity index (χ2v) is 4.44. The highest BCUT2D eigenvalue weighted by Gasteiger charge is 2.33. The molecule has 0 radical (unpaired) electrons. The molecule has 0 fully saturated rings. The van der Waals surface area contributed by atoms with Gasteiger partial charge in [0.25, 0.3) is 0 Å². The van der Waals surface area contributed by atoms with Crippen molar-refractivity contribution >= 4 is 6.29 Å². The summed E-state index contributed by atoms with van der Waals surface area (Å²) in [6.07, 6.45) is 0.591. The zero-order valence-corrected chi connectivity index (χ0v) is 10.1. The minimum Gasteiger partial charge on any atom is -0.508 e. The lowest BCUT2D eigenvalue weighted by Crippen LogP contribution is -2.11. The number of hydrogen-bond donors (Lipinski definition) is 4. The number of carbonyl (C=O) groups excluding carboxylic acids is 1. The quantitative estimate of drug-likeness (QED) is 0.467. The average Bonchev–Trinajstić information content (AvgIpc) is 2.41. The Morgan fingerprint density at radius 2 is 1.80 bits per heavy atom. The van der Waals surface area contributed by atoms with Gasteiger partial charge >= 0.3 is 0 Å². The zero-order valence-electron chi connectivity index (χ0n) is 10.1. The fraction of sp³-hybridized carbons (Fsp3) is 0.0714. The van der Waals surface area contributed by atoms with Crippen LogP contribution in [-0.4, -0.2) is 26.7 Å². The highest BCUT2D eigenvalue weighted by molar-refractivity contribution is 5.78. The van der Waals surface area contributed by atoms with Crippen LogP contribution in [0.5, 0.6) is 34.5 Å². The van der Waals surface area contributed by atoms with Gasteiger partial charge in [-0.15, -0.1) is 0 Å².